The molecule has 8 nitrogen and oxygen atoms in total. The lowest BCUT2D eigenvalue weighted by atomic mass is 10.0. The van der Waals surface area contributed by atoms with Gasteiger partial charge < -0.3 is 19.5 Å². The molecule has 4 heterocycles. The standard InChI is InChI=1S/C22H21F6N7O/c1-33-4-3-15(22(27,28)9-33)30-21-31-20(36-2)19-17(13(24)7-35(19)32-21)11-5-12(23)18-14(6-11)34(10-29-18)8-16(25)26/h5-7,10,15-16H,3-4,8-9H2,1-2H3,(H,30,32)/t15-/m1/s1/i1D3,2D3. The van der Waals surface area contributed by atoms with Gasteiger partial charge in [0, 0.05) is 10.7 Å². The van der Waals surface area contributed by atoms with E-state index in [2.05, 4.69) is 20.4 Å². The maximum Gasteiger partial charge on any atom is 0.280 e. The number of hydrogen-bond acceptors (Lipinski definition) is 6. The lowest BCUT2D eigenvalue weighted by molar-refractivity contribution is -0.0675. The first-order valence-corrected chi connectivity index (χ1v) is 10.5. The van der Waals surface area contributed by atoms with Crippen LogP contribution in [0.2, 0.25) is 0 Å². The third-order valence-electron chi connectivity index (χ3n) is 5.85. The van der Waals surface area contributed by atoms with E-state index in [1.807, 2.05) is 0 Å². The molecule has 5 rings (SSSR count). The third kappa shape index (κ3) is 4.18. The minimum absolute atomic E-state index is 0.104. The number of alkyl halides is 4. The molecule has 4 aromatic rings. The average molecular weight is 519 g/mol. The number of likely N-dealkylation sites (tertiary alicyclic amines) is 1. The normalized spacial score (nSPS) is 21.6. The highest BCUT2D eigenvalue weighted by Gasteiger charge is 2.44. The smallest absolute Gasteiger partial charge is 0.280 e. The molecular formula is C22H21F6N7O. The van der Waals surface area contributed by atoms with Crippen LogP contribution in [0.1, 0.15) is 14.6 Å². The lowest BCUT2D eigenvalue weighted by Gasteiger charge is -2.36. The summed E-state index contributed by atoms with van der Waals surface area (Å²) >= 11 is 0. The van der Waals surface area contributed by atoms with Gasteiger partial charge in [-0.25, -0.2) is 35.8 Å². The molecule has 1 saturated heterocycles. The van der Waals surface area contributed by atoms with E-state index in [9.17, 15) is 22.0 Å². The molecule has 0 bridgehead atoms. The quantitative estimate of drug-likeness (QED) is 0.388. The second-order valence-electron chi connectivity index (χ2n) is 8.27. The Balaban J connectivity index is 1.60. The predicted octanol–water partition coefficient (Wildman–Crippen LogP) is 4.05. The Bertz CT molecular complexity index is 1640. The van der Waals surface area contributed by atoms with Crippen LogP contribution in [-0.2, 0) is 6.54 Å². The molecule has 1 aliphatic heterocycles. The SMILES string of the molecule is [2H]C([2H])([2H])Oc1nc(N[C@@H]2CCN(C([2H])([2H])[2H])CC2(F)F)nn2cc(F)c(-c3cc(F)c4ncn(CC(F)F)c4c3)c12. The zero-order valence-corrected chi connectivity index (χ0v) is 18.2. The van der Waals surface area contributed by atoms with E-state index in [1.165, 1.54) is 0 Å². The van der Waals surface area contributed by atoms with Gasteiger partial charge in [0.05, 0.1) is 53.9 Å². The van der Waals surface area contributed by atoms with Gasteiger partial charge in [-0.1, -0.05) is 0 Å². The van der Waals surface area contributed by atoms with Gasteiger partial charge in [-0.15, -0.1) is 5.10 Å². The summed E-state index contributed by atoms with van der Waals surface area (Å²) in [5.74, 6) is -7.02. The van der Waals surface area contributed by atoms with E-state index >= 15 is 4.39 Å². The Labute approximate surface area is 208 Å². The monoisotopic (exact) mass is 519 g/mol. The number of hydrogen-bond donors (Lipinski definition) is 1. The summed E-state index contributed by atoms with van der Waals surface area (Å²) in [6, 6.07) is 0.336. The van der Waals surface area contributed by atoms with Crippen LogP contribution in [0.4, 0.5) is 32.3 Å². The summed E-state index contributed by atoms with van der Waals surface area (Å²) in [5, 5.41) is 6.31. The average Bonchev–Trinajstić information content (AvgIpc) is 3.38. The number of benzene rings is 1. The lowest BCUT2D eigenvalue weighted by Crippen LogP contribution is -2.53. The first-order valence-electron chi connectivity index (χ1n) is 13.5. The number of piperidine rings is 1. The summed E-state index contributed by atoms with van der Waals surface area (Å²) in [4.78, 5) is 8.29. The van der Waals surface area contributed by atoms with Crippen LogP contribution in [0.25, 0.3) is 27.7 Å². The highest BCUT2D eigenvalue weighted by molar-refractivity contribution is 5.90. The summed E-state index contributed by atoms with van der Waals surface area (Å²) in [7, 11) is -3.16. The predicted molar refractivity (Wildman–Crippen MR) is 119 cm³/mol. The molecule has 3 aromatic heterocycles. The van der Waals surface area contributed by atoms with Gasteiger partial charge in [0.1, 0.15) is 11.0 Å². The number of nitrogens with zero attached hydrogens (tertiary/aromatic N) is 6. The summed E-state index contributed by atoms with van der Waals surface area (Å²) < 4.78 is 138. The van der Waals surface area contributed by atoms with E-state index < -0.39 is 80.0 Å². The number of fused-ring (bicyclic) bond motifs is 2. The Morgan fingerprint density at radius 3 is 2.83 bits per heavy atom. The van der Waals surface area contributed by atoms with Crippen molar-refractivity contribution in [1.29, 1.82) is 0 Å². The van der Waals surface area contributed by atoms with E-state index in [0.29, 0.717) is 4.90 Å². The number of anilines is 1. The number of aromatic nitrogens is 5. The number of nitrogens with one attached hydrogen (secondary N) is 1. The van der Waals surface area contributed by atoms with Crippen molar-refractivity contribution in [2.24, 2.45) is 0 Å². The highest BCUT2D eigenvalue weighted by Crippen LogP contribution is 2.37. The maximum absolute atomic E-state index is 15.4. The maximum atomic E-state index is 15.4. The molecule has 1 aromatic carbocycles. The van der Waals surface area contributed by atoms with Crippen LogP contribution in [0.3, 0.4) is 0 Å². The van der Waals surface area contributed by atoms with Crippen LogP contribution in [0.15, 0.2) is 24.7 Å². The fourth-order valence-corrected chi connectivity index (χ4v) is 4.26. The number of rotatable bonds is 6. The molecule has 1 atom stereocenters. The van der Waals surface area contributed by atoms with Crippen LogP contribution in [0.5, 0.6) is 5.88 Å². The van der Waals surface area contributed by atoms with E-state index in [-0.39, 0.29) is 29.6 Å². The molecule has 0 aliphatic carbocycles. The first-order chi connectivity index (χ1) is 19.4. The van der Waals surface area contributed by atoms with Crippen molar-refractivity contribution < 1.29 is 39.3 Å². The number of halogens is 6. The van der Waals surface area contributed by atoms with Crippen molar-refractivity contribution in [1.82, 2.24) is 29.0 Å². The van der Waals surface area contributed by atoms with Crippen molar-refractivity contribution in [3.8, 4) is 17.0 Å². The number of ether oxygens (including phenoxy) is 1. The zero-order valence-electron chi connectivity index (χ0n) is 24.2. The second-order valence-corrected chi connectivity index (χ2v) is 8.27. The van der Waals surface area contributed by atoms with Gasteiger partial charge in [0.25, 0.3) is 12.3 Å². The van der Waals surface area contributed by atoms with Crippen molar-refractivity contribution in [3.05, 3.63) is 36.3 Å². The topological polar surface area (TPSA) is 72.5 Å². The molecule has 0 radical (unpaired) electrons. The molecule has 192 valence electrons. The fraction of sp³-hybridized carbons (Fsp3) is 0.409. The van der Waals surface area contributed by atoms with Gasteiger partial charge in [0.15, 0.2) is 11.6 Å². The molecule has 1 N–H and O–H groups in total. The summed E-state index contributed by atoms with van der Waals surface area (Å²) in [6.07, 6.45) is -1.44. The van der Waals surface area contributed by atoms with Crippen molar-refractivity contribution in [2.75, 3.05) is 32.4 Å². The van der Waals surface area contributed by atoms with E-state index in [1.54, 1.807) is 0 Å². The molecular weight excluding hydrogens is 492 g/mol. The third-order valence-corrected chi connectivity index (χ3v) is 5.85. The Morgan fingerprint density at radius 2 is 2.11 bits per heavy atom. The molecule has 36 heavy (non-hydrogen) atoms. The second kappa shape index (κ2) is 8.84. The van der Waals surface area contributed by atoms with Gasteiger partial charge in [-0.2, -0.15) is 4.98 Å². The van der Waals surface area contributed by atoms with Gasteiger partial charge >= 0.3 is 0 Å². The molecule has 0 unspecified atom stereocenters. The highest BCUT2D eigenvalue weighted by atomic mass is 19.3. The Morgan fingerprint density at radius 1 is 1.28 bits per heavy atom. The Hall–Kier alpha value is -3.55. The Kier molecular flexibility index (Phi) is 4.37. The van der Waals surface area contributed by atoms with Crippen LogP contribution in [0, 0.1) is 11.6 Å². The zero-order chi connectivity index (χ0) is 30.8. The van der Waals surface area contributed by atoms with Crippen LogP contribution in [-0.4, -0.2) is 74.5 Å². The van der Waals surface area contributed by atoms with E-state index in [4.69, 9.17) is 13.0 Å². The van der Waals surface area contributed by atoms with Gasteiger partial charge in [0.2, 0.25) is 11.8 Å². The largest absolute Gasteiger partial charge is 0.479 e. The molecule has 0 saturated carbocycles. The van der Waals surface area contributed by atoms with Gasteiger partial charge in [-0.3, -0.25) is 0 Å². The van der Waals surface area contributed by atoms with Gasteiger partial charge in [-0.05, 0) is 31.1 Å². The first kappa shape index (κ1) is 17.8. The van der Waals surface area contributed by atoms with Crippen LogP contribution >= 0.6 is 0 Å². The van der Waals surface area contributed by atoms with Crippen molar-refractivity contribution in [3.63, 3.8) is 0 Å². The minimum Gasteiger partial charge on any atom is -0.479 e. The molecule has 1 aliphatic rings. The molecule has 1 fully saturated rings. The molecule has 14 heteroatoms. The van der Waals surface area contributed by atoms with Crippen molar-refractivity contribution >= 4 is 22.5 Å². The molecule has 0 spiro atoms. The fourth-order valence-electron chi connectivity index (χ4n) is 4.26. The summed E-state index contributed by atoms with van der Waals surface area (Å²) in [5.41, 5.74) is -1.47. The number of methoxy groups -OCH3 is 1. The van der Waals surface area contributed by atoms with Crippen molar-refractivity contribution in [2.45, 2.75) is 31.4 Å². The summed E-state index contributed by atoms with van der Waals surface area (Å²) in [6.45, 7) is -4.92. The van der Waals surface area contributed by atoms with Crippen LogP contribution < -0.4 is 10.1 Å². The van der Waals surface area contributed by atoms with E-state index in [0.717, 1.165) is 33.7 Å². The molecule has 0 amide bonds. The number of imidazole rings is 1. The minimum atomic E-state index is -3.59.